The van der Waals surface area contributed by atoms with Crippen molar-refractivity contribution in [3.05, 3.63) is 34.3 Å². The second kappa shape index (κ2) is 9.14. The lowest BCUT2D eigenvalue weighted by Gasteiger charge is -2.17. The van der Waals surface area contributed by atoms with E-state index in [1.165, 1.54) is 0 Å². The van der Waals surface area contributed by atoms with E-state index >= 15 is 0 Å². The molecule has 1 rings (SSSR count). The third-order valence-electron chi connectivity index (χ3n) is 3.66. The van der Waals surface area contributed by atoms with E-state index in [9.17, 15) is 4.79 Å². The fourth-order valence-corrected chi connectivity index (χ4v) is 2.71. The maximum Gasteiger partial charge on any atom is 0.220 e. The molecule has 0 bridgehead atoms. The first-order valence-corrected chi connectivity index (χ1v) is 8.11. The normalized spacial score (nSPS) is 13.8. The Morgan fingerprint density at radius 2 is 2.15 bits per heavy atom. The summed E-state index contributed by atoms with van der Waals surface area (Å²) in [5.41, 5.74) is 6.69. The number of hydrogen-bond donors (Lipinski definition) is 2. The fraction of sp³-hybridized carbons (Fsp3) is 0.562. The van der Waals surface area contributed by atoms with Gasteiger partial charge in [-0.1, -0.05) is 41.4 Å². The Balaban J connectivity index is 2.42. The van der Waals surface area contributed by atoms with Gasteiger partial charge < -0.3 is 11.1 Å². The first-order valence-electron chi connectivity index (χ1n) is 7.31. The van der Waals surface area contributed by atoms with Gasteiger partial charge >= 0.3 is 0 Å². The molecule has 1 unspecified atom stereocenters. The minimum absolute atomic E-state index is 0.0367. The van der Waals surface area contributed by atoms with Crippen LogP contribution >= 0.6 is 15.9 Å². The predicted molar refractivity (Wildman–Crippen MR) is 87.4 cm³/mol. The molecule has 1 amide bonds. The Morgan fingerprint density at radius 3 is 2.75 bits per heavy atom. The van der Waals surface area contributed by atoms with Gasteiger partial charge in [-0.2, -0.15) is 0 Å². The average Bonchev–Trinajstić information content (AvgIpc) is 2.43. The summed E-state index contributed by atoms with van der Waals surface area (Å²) < 4.78 is 1.03. The number of nitrogens with one attached hydrogen (secondary N) is 1. The molecule has 112 valence electrons. The van der Waals surface area contributed by atoms with Crippen molar-refractivity contribution in [2.75, 3.05) is 6.54 Å². The van der Waals surface area contributed by atoms with E-state index in [1.807, 2.05) is 31.2 Å². The second-order valence-corrected chi connectivity index (χ2v) is 6.15. The van der Waals surface area contributed by atoms with Crippen LogP contribution < -0.4 is 11.1 Å². The Kier molecular flexibility index (Phi) is 7.85. The zero-order chi connectivity index (χ0) is 15.0. The van der Waals surface area contributed by atoms with E-state index in [0.717, 1.165) is 29.3 Å². The fourth-order valence-electron chi connectivity index (χ4n) is 2.30. The number of amides is 1. The maximum atomic E-state index is 12.0. The molecule has 0 heterocycles. The summed E-state index contributed by atoms with van der Waals surface area (Å²) in [6.45, 7) is 4.87. The van der Waals surface area contributed by atoms with Crippen LogP contribution in [0, 0.1) is 5.92 Å². The molecule has 2 atom stereocenters. The molecule has 3 N–H and O–H groups in total. The highest BCUT2D eigenvalue weighted by molar-refractivity contribution is 9.10. The maximum absolute atomic E-state index is 12.0. The van der Waals surface area contributed by atoms with Gasteiger partial charge in [0.2, 0.25) is 5.91 Å². The second-order valence-electron chi connectivity index (χ2n) is 5.23. The van der Waals surface area contributed by atoms with Gasteiger partial charge in [0, 0.05) is 10.9 Å². The minimum Gasteiger partial charge on any atom is -0.350 e. The summed E-state index contributed by atoms with van der Waals surface area (Å²) in [7, 11) is 0. The van der Waals surface area contributed by atoms with E-state index in [4.69, 9.17) is 5.73 Å². The van der Waals surface area contributed by atoms with Crippen LogP contribution in [-0.2, 0) is 4.79 Å². The lowest BCUT2D eigenvalue weighted by atomic mass is 9.96. The van der Waals surface area contributed by atoms with Gasteiger partial charge in [0.05, 0.1) is 6.04 Å². The van der Waals surface area contributed by atoms with Crippen LogP contribution in [0.1, 0.15) is 51.1 Å². The lowest BCUT2D eigenvalue weighted by molar-refractivity contribution is -0.122. The van der Waals surface area contributed by atoms with E-state index < -0.39 is 0 Å². The molecule has 1 aromatic rings. The van der Waals surface area contributed by atoms with Crippen LogP contribution in [0.4, 0.5) is 0 Å². The zero-order valence-electron chi connectivity index (χ0n) is 12.4. The minimum atomic E-state index is 0.0367. The molecule has 20 heavy (non-hydrogen) atoms. The molecule has 4 heteroatoms. The smallest absolute Gasteiger partial charge is 0.220 e. The quantitative estimate of drug-likeness (QED) is 0.756. The van der Waals surface area contributed by atoms with Crippen molar-refractivity contribution < 1.29 is 4.79 Å². The van der Waals surface area contributed by atoms with Crippen molar-refractivity contribution in [2.24, 2.45) is 11.7 Å². The monoisotopic (exact) mass is 340 g/mol. The van der Waals surface area contributed by atoms with Crippen LogP contribution in [0.2, 0.25) is 0 Å². The van der Waals surface area contributed by atoms with Crippen molar-refractivity contribution in [1.29, 1.82) is 0 Å². The molecule has 0 aliphatic carbocycles. The molecule has 0 aliphatic heterocycles. The average molecular weight is 341 g/mol. The van der Waals surface area contributed by atoms with Gasteiger partial charge in [-0.3, -0.25) is 4.79 Å². The van der Waals surface area contributed by atoms with E-state index in [1.54, 1.807) is 0 Å². The number of nitrogens with two attached hydrogens (primary N) is 1. The summed E-state index contributed by atoms with van der Waals surface area (Å²) in [5, 5.41) is 3.05. The number of carbonyl (C=O) groups is 1. The highest BCUT2D eigenvalue weighted by Gasteiger charge is 2.12. The number of carbonyl (C=O) groups excluding carboxylic acids is 1. The number of hydrogen-bond acceptors (Lipinski definition) is 2. The number of benzene rings is 1. The van der Waals surface area contributed by atoms with Crippen molar-refractivity contribution in [1.82, 2.24) is 5.32 Å². The number of halogens is 1. The van der Waals surface area contributed by atoms with Crippen LogP contribution in [0.25, 0.3) is 0 Å². The molecular formula is C16H25BrN2O. The molecule has 0 aliphatic rings. The Hall–Kier alpha value is -0.870. The summed E-state index contributed by atoms with van der Waals surface area (Å²) in [4.78, 5) is 12.0. The van der Waals surface area contributed by atoms with Gasteiger partial charge in [-0.15, -0.1) is 0 Å². The highest BCUT2D eigenvalue weighted by Crippen LogP contribution is 2.19. The van der Waals surface area contributed by atoms with Crippen molar-refractivity contribution in [3.63, 3.8) is 0 Å². The van der Waals surface area contributed by atoms with Crippen molar-refractivity contribution in [2.45, 2.75) is 45.6 Å². The van der Waals surface area contributed by atoms with Crippen molar-refractivity contribution in [3.8, 4) is 0 Å². The molecule has 0 saturated heterocycles. The molecule has 3 nitrogen and oxygen atoms in total. The summed E-state index contributed by atoms with van der Waals surface area (Å²) >= 11 is 3.45. The van der Waals surface area contributed by atoms with Gasteiger partial charge in [-0.25, -0.2) is 0 Å². The third-order valence-corrected chi connectivity index (χ3v) is 4.15. The first kappa shape index (κ1) is 17.2. The van der Waals surface area contributed by atoms with Gasteiger partial charge in [0.25, 0.3) is 0 Å². The summed E-state index contributed by atoms with van der Waals surface area (Å²) in [5.74, 6) is 0.680. The number of rotatable bonds is 8. The zero-order valence-corrected chi connectivity index (χ0v) is 13.9. The van der Waals surface area contributed by atoms with E-state index in [-0.39, 0.29) is 11.9 Å². The van der Waals surface area contributed by atoms with Crippen LogP contribution in [0.5, 0.6) is 0 Å². The van der Waals surface area contributed by atoms with Gasteiger partial charge in [0.15, 0.2) is 0 Å². The molecule has 0 radical (unpaired) electrons. The van der Waals surface area contributed by atoms with Crippen LogP contribution in [-0.4, -0.2) is 12.5 Å². The lowest BCUT2D eigenvalue weighted by Crippen LogP contribution is -2.27. The SMILES string of the molecule is CCC(CCN)CCC(=O)N[C@@H](C)c1cccc(Br)c1. The Morgan fingerprint density at radius 1 is 1.40 bits per heavy atom. The topological polar surface area (TPSA) is 55.1 Å². The van der Waals surface area contributed by atoms with Crippen molar-refractivity contribution >= 4 is 21.8 Å². The Bertz CT molecular complexity index is 423. The van der Waals surface area contributed by atoms with E-state index in [2.05, 4.69) is 28.2 Å². The molecule has 0 saturated carbocycles. The molecule has 0 fully saturated rings. The van der Waals surface area contributed by atoms with Crippen LogP contribution in [0.3, 0.4) is 0 Å². The highest BCUT2D eigenvalue weighted by atomic mass is 79.9. The standard InChI is InChI=1S/C16H25BrN2O/c1-3-13(9-10-18)7-8-16(20)19-12(2)14-5-4-6-15(17)11-14/h4-6,11-13H,3,7-10,18H2,1-2H3,(H,19,20)/t12-,13?/m0/s1. The Labute approximate surface area is 130 Å². The first-order chi connectivity index (χ1) is 9.56. The third kappa shape index (κ3) is 6.06. The summed E-state index contributed by atoms with van der Waals surface area (Å²) in [6, 6.07) is 8.06. The van der Waals surface area contributed by atoms with Gasteiger partial charge in [0.1, 0.15) is 0 Å². The van der Waals surface area contributed by atoms with Crippen LogP contribution in [0.15, 0.2) is 28.7 Å². The summed E-state index contributed by atoms with van der Waals surface area (Å²) in [6.07, 6.45) is 3.60. The predicted octanol–water partition coefficient (Wildman–Crippen LogP) is 3.78. The largest absolute Gasteiger partial charge is 0.350 e. The molecular weight excluding hydrogens is 316 g/mol. The van der Waals surface area contributed by atoms with Gasteiger partial charge in [-0.05, 0) is 49.9 Å². The molecule has 0 spiro atoms. The molecule has 0 aromatic heterocycles. The van der Waals surface area contributed by atoms with E-state index in [0.29, 0.717) is 18.9 Å². The molecule has 1 aromatic carbocycles.